The lowest BCUT2D eigenvalue weighted by molar-refractivity contribution is -0.141. The molecule has 0 saturated carbocycles. The number of rotatable bonds is 7. The number of halogens is 6. The average Bonchev–Trinajstić information content (AvgIpc) is 2.76. The molecule has 0 atom stereocenters. The minimum atomic E-state index is -4.71. The van der Waals surface area contributed by atoms with Gasteiger partial charge in [0.05, 0.1) is 5.60 Å². The molecule has 2 N–H and O–H groups in total. The van der Waals surface area contributed by atoms with E-state index in [9.17, 15) is 31.4 Å². The Hall–Kier alpha value is -3.55. The Balaban J connectivity index is 2.10. The predicted octanol–water partition coefficient (Wildman–Crippen LogP) is 4.71. The molecule has 0 spiro atoms. The second-order valence-electron chi connectivity index (χ2n) is 8.07. The molecule has 3 rings (SSSR count). The van der Waals surface area contributed by atoms with E-state index in [2.05, 4.69) is 30.2 Å². The van der Waals surface area contributed by atoms with Gasteiger partial charge in [-0.3, -0.25) is 4.98 Å². The summed E-state index contributed by atoms with van der Waals surface area (Å²) in [5.41, 5.74) is -3.79. The number of hydrogen-bond acceptors (Lipinski definition) is 8. The van der Waals surface area contributed by atoms with Crippen molar-refractivity contribution < 1.29 is 31.4 Å². The first-order valence-electron chi connectivity index (χ1n) is 10.2. The number of pyridine rings is 2. The molecule has 0 aliphatic carbocycles. The zero-order valence-electron chi connectivity index (χ0n) is 18.8. The summed E-state index contributed by atoms with van der Waals surface area (Å²) >= 11 is 0. The van der Waals surface area contributed by atoms with Gasteiger partial charge >= 0.3 is 12.4 Å². The number of nitrogens with zero attached hydrogens (tertiary/aromatic N) is 6. The van der Waals surface area contributed by atoms with Gasteiger partial charge in [0.2, 0.25) is 11.9 Å². The van der Waals surface area contributed by atoms with Gasteiger partial charge in [0.25, 0.3) is 0 Å². The fourth-order valence-electron chi connectivity index (χ4n) is 2.98. The Labute approximate surface area is 196 Å². The number of alkyl halides is 6. The summed E-state index contributed by atoms with van der Waals surface area (Å²) in [4.78, 5) is 20.9. The van der Waals surface area contributed by atoms with Gasteiger partial charge in [-0.05, 0) is 45.0 Å². The van der Waals surface area contributed by atoms with Crippen molar-refractivity contribution in [1.82, 2.24) is 24.9 Å². The molecular weight excluding hydrogens is 480 g/mol. The standard InChI is InChI=1S/C21H21F6N7O/c1-4-34(11-19(2,3)35)18-32-16(13-6-5-7-14(30-13)20(22,23)24)31-17(33-18)29-12-8-9-28-15(10-12)21(25,26)27/h5-10,35H,4,11H2,1-3H3,(H,28,29,31,32,33). The smallest absolute Gasteiger partial charge is 0.389 e. The van der Waals surface area contributed by atoms with Gasteiger partial charge in [-0.1, -0.05) is 6.07 Å². The molecule has 0 aromatic carbocycles. The van der Waals surface area contributed by atoms with E-state index in [4.69, 9.17) is 0 Å². The van der Waals surface area contributed by atoms with Crippen LogP contribution < -0.4 is 10.2 Å². The third kappa shape index (κ3) is 6.97. The largest absolute Gasteiger partial charge is 0.433 e. The molecule has 0 fully saturated rings. The van der Waals surface area contributed by atoms with Crippen molar-refractivity contribution in [2.45, 2.75) is 38.7 Å². The fourth-order valence-corrected chi connectivity index (χ4v) is 2.98. The van der Waals surface area contributed by atoms with Crippen LogP contribution in [0.2, 0.25) is 0 Å². The summed E-state index contributed by atoms with van der Waals surface area (Å²) in [5, 5.41) is 12.8. The number of aliphatic hydroxyl groups is 1. The molecule has 3 heterocycles. The molecule has 35 heavy (non-hydrogen) atoms. The molecule has 0 saturated heterocycles. The van der Waals surface area contributed by atoms with Crippen LogP contribution in [-0.4, -0.2) is 48.7 Å². The molecule has 8 nitrogen and oxygen atoms in total. The predicted molar refractivity (Wildman–Crippen MR) is 115 cm³/mol. The summed E-state index contributed by atoms with van der Waals surface area (Å²) < 4.78 is 78.6. The molecule has 0 bridgehead atoms. The van der Waals surface area contributed by atoms with Crippen molar-refractivity contribution in [3.05, 3.63) is 47.9 Å². The van der Waals surface area contributed by atoms with Crippen LogP contribution in [0.15, 0.2) is 36.5 Å². The molecule has 3 aromatic heterocycles. The van der Waals surface area contributed by atoms with Gasteiger partial charge in [-0.25, -0.2) is 4.98 Å². The third-order valence-electron chi connectivity index (χ3n) is 4.44. The summed E-state index contributed by atoms with van der Waals surface area (Å²) in [5.74, 6) is -0.507. The molecule has 0 unspecified atom stereocenters. The SMILES string of the molecule is CCN(CC(C)(C)O)c1nc(Nc2ccnc(C(F)(F)F)c2)nc(-c2cccc(C(F)(F)F)n2)n1. The normalized spacial score (nSPS) is 12.5. The zero-order valence-corrected chi connectivity index (χ0v) is 18.8. The van der Waals surface area contributed by atoms with Crippen LogP contribution in [0.3, 0.4) is 0 Å². The van der Waals surface area contributed by atoms with Gasteiger partial charge in [0, 0.05) is 25.0 Å². The first kappa shape index (κ1) is 26.1. The number of hydrogen-bond donors (Lipinski definition) is 2. The van der Waals surface area contributed by atoms with Gasteiger partial charge in [-0.2, -0.15) is 41.3 Å². The van der Waals surface area contributed by atoms with Crippen molar-refractivity contribution in [3.63, 3.8) is 0 Å². The molecule has 188 valence electrons. The van der Waals surface area contributed by atoms with Crippen molar-refractivity contribution in [3.8, 4) is 11.5 Å². The Morgan fingerprint density at radius 2 is 1.60 bits per heavy atom. The third-order valence-corrected chi connectivity index (χ3v) is 4.44. The van der Waals surface area contributed by atoms with Gasteiger partial charge in [-0.15, -0.1) is 0 Å². The zero-order chi connectivity index (χ0) is 26.0. The molecule has 0 radical (unpaired) electrons. The van der Waals surface area contributed by atoms with E-state index in [1.165, 1.54) is 17.0 Å². The minimum absolute atomic E-state index is 0.0218. The lowest BCUT2D eigenvalue weighted by Crippen LogP contribution is -2.39. The first-order valence-corrected chi connectivity index (χ1v) is 10.2. The first-order chi connectivity index (χ1) is 16.2. The highest BCUT2D eigenvalue weighted by atomic mass is 19.4. The van der Waals surface area contributed by atoms with Crippen LogP contribution in [0, 0.1) is 0 Å². The highest BCUT2D eigenvalue weighted by Crippen LogP contribution is 2.31. The molecule has 0 amide bonds. The van der Waals surface area contributed by atoms with Crippen molar-refractivity contribution >= 4 is 17.6 Å². The Morgan fingerprint density at radius 3 is 2.20 bits per heavy atom. The highest BCUT2D eigenvalue weighted by Gasteiger charge is 2.33. The molecule has 0 aliphatic heterocycles. The number of aromatic nitrogens is 5. The van der Waals surface area contributed by atoms with Crippen LogP contribution in [0.5, 0.6) is 0 Å². The molecule has 3 aromatic rings. The fraction of sp³-hybridized carbons (Fsp3) is 0.381. The van der Waals surface area contributed by atoms with E-state index in [-0.39, 0.29) is 35.6 Å². The van der Waals surface area contributed by atoms with E-state index in [0.717, 1.165) is 24.4 Å². The van der Waals surface area contributed by atoms with Crippen LogP contribution in [0.1, 0.15) is 32.2 Å². The van der Waals surface area contributed by atoms with Crippen molar-refractivity contribution in [2.24, 2.45) is 0 Å². The molecule has 0 aliphatic rings. The maximum Gasteiger partial charge on any atom is 0.433 e. The van der Waals surface area contributed by atoms with Crippen LogP contribution >= 0.6 is 0 Å². The van der Waals surface area contributed by atoms with Gasteiger partial charge in [0.15, 0.2) is 5.82 Å². The number of likely N-dealkylation sites (N-methyl/N-ethyl adjacent to an activating group) is 1. The van der Waals surface area contributed by atoms with Crippen LogP contribution in [0.25, 0.3) is 11.5 Å². The van der Waals surface area contributed by atoms with Gasteiger partial charge in [0.1, 0.15) is 17.1 Å². The van der Waals surface area contributed by atoms with Crippen molar-refractivity contribution in [1.29, 1.82) is 0 Å². The van der Waals surface area contributed by atoms with E-state index >= 15 is 0 Å². The minimum Gasteiger partial charge on any atom is -0.389 e. The lowest BCUT2D eigenvalue weighted by atomic mass is 10.1. The summed E-state index contributed by atoms with van der Waals surface area (Å²) in [6.07, 6.45) is -8.47. The second kappa shape index (κ2) is 9.60. The summed E-state index contributed by atoms with van der Waals surface area (Å²) in [6.45, 7) is 5.18. The average molecular weight is 501 g/mol. The number of nitrogens with one attached hydrogen (secondary N) is 1. The summed E-state index contributed by atoms with van der Waals surface area (Å²) in [7, 11) is 0. The molecular formula is C21H21F6N7O. The summed E-state index contributed by atoms with van der Waals surface area (Å²) in [6, 6.07) is 5.16. The van der Waals surface area contributed by atoms with Gasteiger partial charge < -0.3 is 15.3 Å². The monoisotopic (exact) mass is 501 g/mol. The topological polar surface area (TPSA) is 100.0 Å². The molecule has 14 heteroatoms. The van der Waals surface area contributed by atoms with E-state index in [1.807, 2.05) is 0 Å². The van der Waals surface area contributed by atoms with Crippen LogP contribution in [0.4, 0.5) is 43.9 Å². The maximum absolute atomic E-state index is 13.2. The number of anilines is 3. The highest BCUT2D eigenvalue weighted by molar-refractivity contribution is 5.59. The Morgan fingerprint density at radius 1 is 0.914 bits per heavy atom. The lowest BCUT2D eigenvalue weighted by Gasteiger charge is -2.28. The Kier molecular flexibility index (Phi) is 7.15. The Bertz CT molecular complexity index is 1180. The van der Waals surface area contributed by atoms with E-state index in [1.54, 1.807) is 20.8 Å². The maximum atomic E-state index is 13.2. The quantitative estimate of drug-likeness (QED) is 0.450. The van der Waals surface area contributed by atoms with Crippen molar-refractivity contribution in [2.75, 3.05) is 23.3 Å². The second-order valence-corrected chi connectivity index (χ2v) is 8.07. The van der Waals surface area contributed by atoms with E-state index < -0.39 is 29.3 Å². The van der Waals surface area contributed by atoms with Crippen LogP contribution in [-0.2, 0) is 12.4 Å². The van der Waals surface area contributed by atoms with E-state index in [0.29, 0.717) is 6.54 Å².